The molecule has 0 amide bonds. The van der Waals surface area contributed by atoms with Gasteiger partial charge in [-0.25, -0.2) is 0 Å². The van der Waals surface area contributed by atoms with Crippen LogP contribution in [0.1, 0.15) is 22.7 Å². The lowest BCUT2D eigenvalue weighted by atomic mass is 9.89. The Morgan fingerprint density at radius 1 is 1.00 bits per heavy atom. The van der Waals surface area contributed by atoms with Crippen LogP contribution < -0.4 is 4.90 Å². The monoisotopic (exact) mass is 292 g/mol. The summed E-state index contributed by atoms with van der Waals surface area (Å²) >= 11 is 1.81. The first kappa shape index (κ1) is 12.6. The number of aromatic nitrogens is 1. The summed E-state index contributed by atoms with van der Waals surface area (Å²) in [5, 5.41) is 3.49. The van der Waals surface area contributed by atoms with Crippen LogP contribution in [0.25, 0.3) is 0 Å². The van der Waals surface area contributed by atoms with Crippen LogP contribution in [0, 0.1) is 0 Å². The number of anilines is 1. The molecule has 2 nitrogen and oxygen atoms in total. The number of benzene rings is 1. The second-order valence-electron chi connectivity index (χ2n) is 5.28. The Morgan fingerprint density at radius 2 is 1.86 bits per heavy atom. The Labute approximate surface area is 128 Å². The molecule has 3 heteroatoms. The van der Waals surface area contributed by atoms with Gasteiger partial charge in [0.25, 0.3) is 0 Å². The first-order valence-corrected chi connectivity index (χ1v) is 8.09. The molecule has 21 heavy (non-hydrogen) atoms. The summed E-state index contributed by atoms with van der Waals surface area (Å²) in [5.41, 5.74) is 4.20. The van der Waals surface area contributed by atoms with Gasteiger partial charge in [0.15, 0.2) is 0 Å². The minimum absolute atomic E-state index is 0.289. The largest absolute Gasteiger partial charge is 0.352 e. The number of hydrogen-bond donors (Lipinski definition) is 0. The maximum Gasteiger partial charge on any atom is 0.0916 e. The standard InChI is InChI=1S/C18H16N2S/c1-2-5-16-14(4-1)9-12-20(17-6-3-13-21-17)18(16)15-7-10-19-11-8-15/h1-8,10-11,13,18H,9,12H2. The lowest BCUT2D eigenvalue weighted by Crippen LogP contribution is -2.35. The second kappa shape index (κ2) is 5.34. The zero-order chi connectivity index (χ0) is 14.1. The molecule has 3 aromatic rings. The third kappa shape index (κ3) is 2.24. The zero-order valence-electron chi connectivity index (χ0n) is 11.6. The van der Waals surface area contributed by atoms with Crippen molar-refractivity contribution >= 4 is 16.3 Å². The van der Waals surface area contributed by atoms with E-state index in [4.69, 9.17) is 0 Å². The Kier molecular flexibility index (Phi) is 3.20. The number of rotatable bonds is 2. The molecule has 3 heterocycles. The normalized spacial score (nSPS) is 17.5. The second-order valence-corrected chi connectivity index (χ2v) is 6.20. The van der Waals surface area contributed by atoms with Gasteiger partial charge < -0.3 is 4.90 Å². The number of nitrogens with zero attached hydrogens (tertiary/aromatic N) is 2. The molecule has 104 valence electrons. The Balaban J connectivity index is 1.86. The summed E-state index contributed by atoms with van der Waals surface area (Å²) in [7, 11) is 0. The molecule has 0 spiro atoms. The molecule has 1 aliphatic heterocycles. The van der Waals surface area contributed by atoms with Crippen molar-refractivity contribution in [2.24, 2.45) is 0 Å². The van der Waals surface area contributed by atoms with Crippen molar-refractivity contribution in [2.45, 2.75) is 12.5 Å². The van der Waals surface area contributed by atoms with Crippen molar-refractivity contribution in [3.8, 4) is 0 Å². The van der Waals surface area contributed by atoms with E-state index in [9.17, 15) is 0 Å². The van der Waals surface area contributed by atoms with Gasteiger partial charge in [-0.3, -0.25) is 4.98 Å². The number of pyridine rings is 1. The molecule has 0 radical (unpaired) electrons. The highest BCUT2D eigenvalue weighted by molar-refractivity contribution is 7.14. The minimum Gasteiger partial charge on any atom is -0.352 e. The van der Waals surface area contributed by atoms with E-state index < -0.39 is 0 Å². The van der Waals surface area contributed by atoms with Crippen molar-refractivity contribution in [2.75, 3.05) is 11.4 Å². The Hall–Kier alpha value is -2.13. The fourth-order valence-corrected chi connectivity index (χ4v) is 3.93. The van der Waals surface area contributed by atoms with Crippen LogP contribution in [0.3, 0.4) is 0 Å². The summed E-state index contributed by atoms with van der Waals surface area (Å²) in [4.78, 5) is 6.68. The van der Waals surface area contributed by atoms with Crippen LogP contribution in [0.4, 0.5) is 5.00 Å². The smallest absolute Gasteiger partial charge is 0.0916 e. The number of hydrogen-bond acceptors (Lipinski definition) is 3. The molecule has 0 saturated carbocycles. The van der Waals surface area contributed by atoms with Crippen molar-refractivity contribution < 1.29 is 0 Å². The van der Waals surface area contributed by atoms with Gasteiger partial charge in [0, 0.05) is 18.9 Å². The van der Waals surface area contributed by atoms with E-state index in [-0.39, 0.29) is 6.04 Å². The van der Waals surface area contributed by atoms with Crippen molar-refractivity contribution in [3.63, 3.8) is 0 Å². The third-order valence-electron chi connectivity index (χ3n) is 4.09. The fraction of sp³-hybridized carbons (Fsp3) is 0.167. The van der Waals surface area contributed by atoms with Gasteiger partial charge in [0.05, 0.1) is 11.0 Å². The van der Waals surface area contributed by atoms with Crippen molar-refractivity contribution in [1.29, 1.82) is 0 Å². The van der Waals surface area contributed by atoms with Crippen molar-refractivity contribution in [3.05, 3.63) is 83.0 Å². The average Bonchev–Trinajstić information content (AvgIpc) is 3.09. The van der Waals surface area contributed by atoms with Crippen LogP contribution in [0.15, 0.2) is 66.3 Å². The molecule has 0 saturated heterocycles. The van der Waals surface area contributed by atoms with Crippen LogP contribution in [0.5, 0.6) is 0 Å². The van der Waals surface area contributed by atoms with Gasteiger partial charge >= 0.3 is 0 Å². The highest BCUT2D eigenvalue weighted by atomic mass is 32.1. The van der Waals surface area contributed by atoms with Gasteiger partial charge in [0.2, 0.25) is 0 Å². The lowest BCUT2D eigenvalue weighted by molar-refractivity contribution is 0.657. The molecule has 4 rings (SSSR count). The van der Waals surface area contributed by atoms with Gasteiger partial charge in [-0.2, -0.15) is 0 Å². The molecular weight excluding hydrogens is 276 g/mol. The van der Waals surface area contributed by atoms with Gasteiger partial charge in [-0.05, 0) is 52.8 Å². The van der Waals surface area contributed by atoms with Crippen LogP contribution in [-0.4, -0.2) is 11.5 Å². The molecule has 1 atom stereocenters. The minimum atomic E-state index is 0.289. The first-order valence-electron chi connectivity index (χ1n) is 7.21. The molecule has 1 aromatic carbocycles. The topological polar surface area (TPSA) is 16.1 Å². The molecule has 0 bridgehead atoms. The molecule has 1 aliphatic rings. The molecule has 0 aliphatic carbocycles. The van der Waals surface area contributed by atoms with Crippen LogP contribution in [-0.2, 0) is 6.42 Å². The van der Waals surface area contributed by atoms with E-state index in [1.165, 1.54) is 21.7 Å². The summed E-state index contributed by atoms with van der Waals surface area (Å²) in [6.07, 6.45) is 4.88. The SMILES string of the molecule is c1csc(N2CCc3ccccc3C2c2ccncc2)c1. The van der Waals surface area contributed by atoms with Gasteiger partial charge in [0.1, 0.15) is 0 Å². The van der Waals surface area contributed by atoms with Gasteiger partial charge in [-0.15, -0.1) is 11.3 Å². The zero-order valence-corrected chi connectivity index (χ0v) is 12.5. The predicted octanol–water partition coefficient (Wildman–Crippen LogP) is 4.30. The fourth-order valence-electron chi connectivity index (χ4n) is 3.14. The summed E-state index contributed by atoms with van der Waals surface area (Å²) in [5.74, 6) is 0. The maximum absolute atomic E-state index is 4.17. The highest BCUT2D eigenvalue weighted by Gasteiger charge is 2.29. The first-order chi connectivity index (χ1) is 10.4. The van der Waals surface area contributed by atoms with E-state index in [1.54, 1.807) is 0 Å². The third-order valence-corrected chi connectivity index (χ3v) is 5.00. The molecule has 0 fully saturated rings. The van der Waals surface area contributed by atoms with E-state index in [1.807, 2.05) is 23.7 Å². The van der Waals surface area contributed by atoms with E-state index >= 15 is 0 Å². The Morgan fingerprint density at radius 3 is 2.67 bits per heavy atom. The van der Waals surface area contributed by atoms with E-state index in [0.29, 0.717) is 0 Å². The van der Waals surface area contributed by atoms with Crippen molar-refractivity contribution in [1.82, 2.24) is 4.98 Å². The quantitative estimate of drug-likeness (QED) is 0.700. The predicted molar refractivity (Wildman–Crippen MR) is 87.9 cm³/mol. The maximum atomic E-state index is 4.17. The van der Waals surface area contributed by atoms with E-state index in [0.717, 1.165) is 13.0 Å². The average molecular weight is 292 g/mol. The highest BCUT2D eigenvalue weighted by Crippen LogP contribution is 2.39. The van der Waals surface area contributed by atoms with Gasteiger partial charge in [-0.1, -0.05) is 24.3 Å². The molecule has 1 unspecified atom stereocenters. The number of thiophene rings is 1. The molecule has 0 N–H and O–H groups in total. The summed E-state index contributed by atoms with van der Waals surface area (Å²) < 4.78 is 0. The molecular formula is C18H16N2S. The number of fused-ring (bicyclic) bond motifs is 1. The molecule has 2 aromatic heterocycles. The van der Waals surface area contributed by atoms with Crippen LogP contribution >= 0.6 is 11.3 Å². The lowest BCUT2D eigenvalue weighted by Gasteiger charge is -2.38. The van der Waals surface area contributed by atoms with Crippen LogP contribution in [0.2, 0.25) is 0 Å². The summed E-state index contributed by atoms with van der Waals surface area (Å²) in [6, 6.07) is 17.7. The summed E-state index contributed by atoms with van der Waals surface area (Å²) in [6.45, 7) is 1.06. The Bertz CT molecular complexity index is 722. The van der Waals surface area contributed by atoms with E-state index in [2.05, 4.69) is 63.8 Å².